The van der Waals surface area contributed by atoms with Gasteiger partial charge in [0.1, 0.15) is 5.60 Å². The fourth-order valence-corrected chi connectivity index (χ4v) is 3.01. The van der Waals surface area contributed by atoms with Gasteiger partial charge in [-0.3, -0.25) is 0 Å². The Morgan fingerprint density at radius 2 is 2.20 bits per heavy atom. The van der Waals surface area contributed by atoms with Gasteiger partial charge in [-0.05, 0) is 65.3 Å². The molecule has 4 unspecified atom stereocenters. The summed E-state index contributed by atoms with van der Waals surface area (Å²) in [5.41, 5.74) is -0.433. The molecule has 0 aromatic heterocycles. The van der Waals surface area contributed by atoms with Crippen molar-refractivity contribution in [3.8, 4) is 0 Å². The van der Waals surface area contributed by atoms with Gasteiger partial charge in [-0.25, -0.2) is 4.79 Å². The largest absolute Gasteiger partial charge is 0.444 e. The number of hydrogen-bond acceptors (Lipinski definition) is 3. The molecule has 4 nitrogen and oxygen atoms in total. The standard InChI is InChI=1S/C16H28N2O2/c1-11(18-15(19)20-16(2,3)4)8-9-17-14-10-12-6-5-7-13(12)14/h5,7,11-14,17H,6,8-10H2,1-4H3,(H,18,19). The summed E-state index contributed by atoms with van der Waals surface area (Å²) in [5, 5.41) is 6.48. The van der Waals surface area contributed by atoms with Crippen LogP contribution in [0.5, 0.6) is 0 Å². The van der Waals surface area contributed by atoms with Crippen molar-refractivity contribution in [2.75, 3.05) is 6.54 Å². The SMILES string of the molecule is CC(CCNC1CC2CC=CC21)NC(=O)OC(C)(C)C. The fraction of sp³-hybridized carbons (Fsp3) is 0.812. The van der Waals surface area contributed by atoms with Crippen molar-refractivity contribution in [2.24, 2.45) is 11.8 Å². The number of fused-ring (bicyclic) bond motifs is 1. The van der Waals surface area contributed by atoms with E-state index in [2.05, 4.69) is 22.8 Å². The lowest BCUT2D eigenvalue weighted by Crippen LogP contribution is -2.49. The fourth-order valence-electron chi connectivity index (χ4n) is 3.01. The summed E-state index contributed by atoms with van der Waals surface area (Å²) in [6.45, 7) is 8.59. The van der Waals surface area contributed by atoms with E-state index in [-0.39, 0.29) is 12.1 Å². The van der Waals surface area contributed by atoms with Crippen LogP contribution < -0.4 is 10.6 Å². The molecule has 0 bridgehead atoms. The summed E-state index contributed by atoms with van der Waals surface area (Å²) in [6, 6.07) is 0.778. The zero-order chi connectivity index (χ0) is 14.8. The van der Waals surface area contributed by atoms with Crippen LogP contribution in [0.3, 0.4) is 0 Å². The summed E-state index contributed by atoms with van der Waals surface area (Å²) in [6.07, 6.45) is 7.83. The molecule has 1 saturated carbocycles. The molecule has 20 heavy (non-hydrogen) atoms. The van der Waals surface area contributed by atoms with E-state index >= 15 is 0 Å². The molecule has 0 aromatic carbocycles. The second-order valence-electron chi connectivity index (χ2n) is 7.13. The number of alkyl carbamates (subject to hydrolysis) is 1. The number of hydrogen-bond donors (Lipinski definition) is 2. The van der Waals surface area contributed by atoms with Gasteiger partial charge in [0.05, 0.1) is 0 Å². The summed E-state index contributed by atoms with van der Waals surface area (Å²) in [5.74, 6) is 1.65. The van der Waals surface area contributed by atoms with Crippen molar-refractivity contribution in [1.29, 1.82) is 0 Å². The minimum absolute atomic E-state index is 0.132. The minimum atomic E-state index is -0.433. The Balaban J connectivity index is 1.57. The maximum Gasteiger partial charge on any atom is 0.407 e. The van der Waals surface area contributed by atoms with E-state index in [1.54, 1.807) is 0 Å². The van der Waals surface area contributed by atoms with E-state index in [1.807, 2.05) is 27.7 Å². The number of carbonyl (C=O) groups excluding carboxylic acids is 1. The van der Waals surface area contributed by atoms with E-state index in [9.17, 15) is 4.79 Å². The molecule has 0 saturated heterocycles. The molecule has 4 atom stereocenters. The van der Waals surface area contributed by atoms with Gasteiger partial charge in [-0.15, -0.1) is 0 Å². The van der Waals surface area contributed by atoms with Crippen LogP contribution in [0.25, 0.3) is 0 Å². The van der Waals surface area contributed by atoms with Gasteiger partial charge in [0.2, 0.25) is 0 Å². The van der Waals surface area contributed by atoms with Crippen LogP contribution >= 0.6 is 0 Å². The molecular formula is C16H28N2O2. The summed E-state index contributed by atoms with van der Waals surface area (Å²) in [7, 11) is 0. The van der Waals surface area contributed by atoms with Gasteiger partial charge in [-0.1, -0.05) is 12.2 Å². The van der Waals surface area contributed by atoms with E-state index in [0.29, 0.717) is 6.04 Å². The quantitative estimate of drug-likeness (QED) is 0.761. The Hall–Kier alpha value is -1.03. The highest BCUT2D eigenvalue weighted by atomic mass is 16.6. The van der Waals surface area contributed by atoms with Crippen LogP contribution in [0.1, 0.15) is 47.0 Å². The van der Waals surface area contributed by atoms with Crippen LogP contribution in [0.15, 0.2) is 12.2 Å². The van der Waals surface area contributed by atoms with Crippen molar-refractivity contribution in [3.63, 3.8) is 0 Å². The second-order valence-corrected chi connectivity index (χ2v) is 7.13. The summed E-state index contributed by atoms with van der Waals surface area (Å²) >= 11 is 0. The number of allylic oxidation sites excluding steroid dienone is 1. The van der Waals surface area contributed by atoms with E-state index < -0.39 is 5.60 Å². The minimum Gasteiger partial charge on any atom is -0.444 e. The highest BCUT2D eigenvalue weighted by molar-refractivity contribution is 5.67. The molecule has 2 N–H and O–H groups in total. The van der Waals surface area contributed by atoms with Crippen molar-refractivity contribution >= 4 is 6.09 Å². The topological polar surface area (TPSA) is 50.4 Å². The lowest BCUT2D eigenvalue weighted by atomic mass is 9.71. The first kappa shape index (κ1) is 15.4. The number of rotatable bonds is 5. The van der Waals surface area contributed by atoms with Gasteiger partial charge < -0.3 is 15.4 Å². The molecule has 1 fully saturated rings. The highest BCUT2D eigenvalue weighted by Gasteiger charge is 2.40. The molecule has 2 aliphatic rings. The lowest BCUT2D eigenvalue weighted by Gasteiger charge is -2.41. The molecular weight excluding hydrogens is 252 g/mol. The maximum absolute atomic E-state index is 11.6. The first-order valence-corrected chi connectivity index (χ1v) is 7.75. The molecule has 2 rings (SSSR count). The van der Waals surface area contributed by atoms with Crippen LogP contribution in [-0.4, -0.2) is 30.3 Å². The molecule has 4 heteroatoms. The Morgan fingerprint density at radius 3 is 2.85 bits per heavy atom. The smallest absolute Gasteiger partial charge is 0.407 e. The second kappa shape index (κ2) is 6.17. The predicted octanol–water partition coefficient (Wildman–Crippen LogP) is 2.84. The summed E-state index contributed by atoms with van der Waals surface area (Å²) in [4.78, 5) is 11.6. The van der Waals surface area contributed by atoms with Crippen LogP contribution in [-0.2, 0) is 4.74 Å². The van der Waals surface area contributed by atoms with E-state index in [4.69, 9.17) is 4.74 Å². The first-order chi connectivity index (χ1) is 9.35. The third-order valence-corrected chi connectivity index (χ3v) is 4.11. The number of carbonyl (C=O) groups is 1. The van der Waals surface area contributed by atoms with Crippen LogP contribution in [0.4, 0.5) is 4.79 Å². The van der Waals surface area contributed by atoms with Gasteiger partial charge in [0.25, 0.3) is 0 Å². The van der Waals surface area contributed by atoms with Crippen molar-refractivity contribution in [2.45, 2.75) is 64.6 Å². The third kappa shape index (κ3) is 4.23. The molecule has 0 heterocycles. The monoisotopic (exact) mass is 280 g/mol. The van der Waals surface area contributed by atoms with Crippen LogP contribution in [0.2, 0.25) is 0 Å². The zero-order valence-electron chi connectivity index (χ0n) is 13.1. The van der Waals surface area contributed by atoms with Crippen molar-refractivity contribution in [1.82, 2.24) is 10.6 Å². The first-order valence-electron chi connectivity index (χ1n) is 7.75. The number of nitrogens with one attached hydrogen (secondary N) is 2. The lowest BCUT2D eigenvalue weighted by molar-refractivity contribution is 0.0505. The van der Waals surface area contributed by atoms with Gasteiger partial charge >= 0.3 is 6.09 Å². The molecule has 2 aliphatic carbocycles. The Kier molecular flexibility index (Phi) is 4.74. The average Bonchev–Trinajstić information content (AvgIpc) is 2.63. The van der Waals surface area contributed by atoms with E-state index in [0.717, 1.165) is 24.8 Å². The Bertz CT molecular complexity index is 373. The average molecular weight is 280 g/mol. The van der Waals surface area contributed by atoms with Gasteiger partial charge in [0.15, 0.2) is 0 Å². The molecule has 1 amide bonds. The predicted molar refractivity (Wildman–Crippen MR) is 80.6 cm³/mol. The highest BCUT2D eigenvalue weighted by Crippen LogP contribution is 2.42. The number of amides is 1. The van der Waals surface area contributed by atoms with E-state index in [1.165, 1.54) is 12.8 Å². The number of ether oxygens (including phenoxy) is 1. The van der Waals surface area contributed by atoms with Gasteiger partial charge in [0, 0.05) is 12.1 Å². The Labute approximate surface area is 122 Å². The molecule has 0 aromatic rings. The molecule has 0 radical (unpaired) electrons. The maximum atomic E-state index is 11.6. The molecule has 0 aliphatic heterocycles. The zero-order valence-corrected chi connectivity index (χ0v) is 13.1. The van der Waals surface area contributed by atoms with Crippen molar-refractivity contribution < 1.29 is 9.53 Å². The third-order valence-electron chi connectivity index (χ3n) is 4.11. The van der Waals surface area contributed by atoms with Crippen molar-refractivity contribution in [3.05, 3.63) is 12.2 Å². The van der Waals surface area contributed by atoms with Gasteiger partial charge in [-0.2, -0.15) is 0 Å². The molecule has 0 spiro atoms. The van der Waals surface area contributed by atoms with Crippen LogP contribution in [0, 0.1) is 11.8 Å². The normalized spacial score (nSPS) is 29.5. The summed E-state index contributed by atoms with van der Waals surface area (Å²) < 4.78 is 5.25. The Morgan fingerprint density at radius 1 is 1.45 bits per heavy atom. The molecule has 114 valence electrons.